The van der Waals surface area contributed by atoms with Gasteiger partial charge in [-0.1, -0.05) is 54.1 Å². The maximum absolute atomic E-state index is 15.7. The topological polar surface area (TPSA) is 89.3 Å². The zero-order valence-electron chi connectivity index (χ0n) is 20.5. The van der Waals surface area contributed by atoms with E-state index < -0.39 is 25.7 Å². The van der Waals surface area contributed by atoms with Crippen molar-refractivity contribution >= 4 is 31.6 Å². The van der Waals surface area contributed by atoms with Gasteiger partial charge in [0.1, 0.15) is 0 Å². The number of hydrogen-bond donors (Lipinski definition) is 2. The third-order valence-corrected chi connectivity index (χ3v) is 10.3. The lowest BCUT2D eigenvalue weighted by Crippen LogP contribution is -2.41. The number of aromatic nitrogens is 3. The number of fused-ring (bicyclic) bond motifs is 2. The van der Waals surface area contributed by atoms with Crippen LogP contribution in [0.5, 0.6) is 0 Å². The zero-order chi connectivity index (χ0) is 25.7. The number of ether oxygens (including phenoxy) is 1. The maximum atomic E-state index is 15.7. The van der Waals surface area contributed by atoms with Gasteiger partial charge in [0.2, 0.25) is 8.41 Å². The number of aryl methyl sites for hydroxylation is 1. The Balaban J connectivity index is 1.40. The van der Waals surface area contributed by atoms with Gasteiger partial charge >= 0.3 is 0 Å². The number of carbonyl (C=O) groups is 1. The van der Waals surface area contributed by atoms with Gasteiger partial charge in [-0.15, -0.1) is 5.10 Å². The minimum absolute atomic E-state index is 0.0880. The molecule has 3 aromatic rings. The lowest BCUT2D eigenvalue weighted by Gasteiger charge is -2.30. The minimum atomic E-state index is -3.23. The van der Waals surface area contributed by atoms with E-state index in [1.165, 1.54) is 0 Å². The Morgan fingerprint density at radius 2 is 2.03 bits per heavy atom. The van der Waals surface area contributed by atoms with E-state index in [9.17, 15) is 9.90 Å². The summed E-state index contributed by atoms with van der Waals surface area (Å²) < 4.78 is 24.0. The monoisotopic (exact) mass is 528 g/mol. The van der Waals surface area contributed by atoms with Crippen LogP contribution in [0.4, 0.5) is 9.80 Å². The lowest BCUT2D eigenvalue weighted by molar-refractivity contribution is -0.143. The number of carbonyl (C=O) groups excluding carboxylic acids is 1. The van der Waals surface area contributed by atoms with Crippen molar-refractivity contribution in [3.8, 4) is 0 Å². The second kappa shape index (κ2) is 9.37. The molecule has 2 aliphatic heterocycles. The van der Waals surface area contributed by atoms with Crippen molar-refractivity contribution < 1.29 is 18.7 Å². The fraction of sp³-hybridized carbons (Fsp3) is 0.423. The lowest BCUT2D eigenvalue weighted by atomic mass is 9.82. The summed E-state index contributed by atoms with van der Waals surface area (Å²) in [6.07, 6.45) is 1.81. The number of rotatable bonds is 7. The first-order chi connectivity index (χ1) is 17.1. The molecule has 0 saturated carbocycles. The Morgan fingerprint density at radius 1 is 1.28 bits per heavy atom. The number of hydrogen-bond acceptors (Lipinski definition) is 5. The van der Waals surface area contributed by atoms with Crippen molar-refractivity contribution in [2.75, 3.05) is 11.9 Å². The van der Waals surface area contributed by atoms with Crippen molar-refractivity contribution in [1.82, 2.24) is 15.0 Å². The van der Waals surface area contributed by atoms with E-state index in [1.54, 1.807) is 36.0 Å². The molecule has 3 heterocycles. The van der Waals surface area contributed by atoms with Gasteiger partial charge < -0.3 is 19.3 Å². The molecule has 2 aliphatic rings. The molecule has 5 atom stereocenters. The normalized spacial score (nSPS) is 26.3. The molecule has 0 aliphatic carbocycles. The van der Waals surface area contributed by atoms with Crippen molar-refractivity contribution in [1.29, 1.82) is 0 Å². The molecule has 1 unspecified atom stereocenters. The Hall–Kier alpha value is -2.59. The highest BCUT2D eigenvalue weighted by Crippen LogP contribution is 2.59. The van der Waals surface area contributed by atoms with Crippen molar-refractivity contribution in [2.45, 2.75) is 56.1 Å². The van der Waals surface area contributed by atoms with Gasteiger partial charge in [-0.3, -0.25) is 9.48 Å². The van der Waals surface area contributed by atoms with Gasteiger partial charge in [-0.05, 0) is 43.3 Å². The van der Waals surface area contributed by atoms with E-state index in [2.05, 4.69) is 15.6 Å². The minimum Gasteiger partial charge on any atom is -0.395 e. The number of aliphatic hydroxyl groups is 1. The van der Waals surface area contributed by atoms with Gasteiger partial charge in [0.25, 0.3) is 5.91 Å². The number of benzene rings is 2. The summed E-state index contributed by atoms with van der Waals surface area (Å²) in [5.74, 6) is -0.911. The Bertz CT molecular complexity index is 1270. The molecule has 7 nitrogen and oxygen atoms in total. The predicted octanol–water partition coefficient (Wildman–Crippen LogP) is 4.87. The molecule has 1 aromatic heterocycles. The van der Waals surface area contributed by atoms with Crippen LogP contribution in [0.1, 0.15) is 36.1 Å². The van der Waals surface area contributed by atoms with Crippen molar-refractivity contribution in [3.63, 3.8) is 0 Å². The van der Waals surface area contributed by atoms with Crippen LogP contribution in [-0.4, -0.2) is 47.1 Å². The van der Waals surface area contributed by atoms with Crippen molar-refractivity contribution in [2.24, 2.45) is 5.92 Å². The summed E-state index contributed by atoms with van der Waals surface area (Å²) in [6.45, 7) is 5.62. The van der Waals surface area contributed by atoms with Crippen molar-refractivity contribution in [3.05, 3.63) is 76.6 Å². The number of halogens is 2. The molecule has 2 N–H and O–H groups in total. The number of aliphatic hydroxyl groups excluding tert-OH is 1. The number of anilines is 1. The van der Waals surface area contributed by atoms with E-state index in [-0.39, 0.29) is 24.3 Å². The van der Waals surface area contributed by atoms with Crippen LogP contribution in [0.3, 0.4) is 0 Å². The Labute approximate surface area is 215 Å². The second-order valence-electron chi connectivity index (χ2n) is 10.3. The van der Waals surface area contributed by atoms with E-state index in [0.717, 1.165) is 5.56 Å². The summed E-state index contributed by atoms with van der Waals surface area (Å²) in [6, 6.07) is 14.9. The summed E-state index contributed by atoms with van der Waals surface area (Å²) in [5, 5.41) is 21.9. The first kappa shape index (κ1) is 25.1. The van der Waals surface area contributed by atoms with Crippen LogP contribution in [0.15, 0.2) is 54.7 Å². The predicted molar refractivity (Wildman–Crippen MR) is 138 cm³/mol. The largest absolute Gasteiger partial charge is 0.395 e. The van der Waals surface area contributed by atoms with Crippen LogP contribution < -0.4 is 5.32 Å². The molecule has 10 heteroatoms. The molecule has 0 radical (unpaired) electrons. The molecule has 1 fully saturated rings. The summed E-state index contributed by atoms with van der Waals surface area (Å²) in [7, 11) is -3.23. The van der Waals surface area contributed by atoms with E-state index >= 15 is 4.11 Å². The molecule has 2 aromatic carbocycles. The smallest absolute Gasteiger partial charge is 0.261 e. The van der Waals surface area contributed by atoms with Crippen LogP contribution in [0.2, 0.25) is 23.7 Å². The van der Waals surface area contributed by atoms with Gasteiger partial charge in [-0.2, -0.15) is 0 Å². The third-order valence-electron chi connectivity index (χ3n) is 7.62. The average molecular weight is 529 g/mol. The zero-order valence-corrected chi connectivity index (χ0v) is 22.2. The average Bonchev–Trinajstić information content (AvgIpc) is 3.50. The number of amides is 1. The Kier molecular flexibility index (Phi) is 6.53. The van der Waals surface area contributed by atoms with E-state index in [4.69, 9.17) is 16.3 Å². The SMILES string of the molecule is C[C@H]1[C@H]([Si](C)(C)F)[C@@H](CCn2cc(C(CO)c3ccccc3)nn2)O[C@]12C(=O)Nc1ccc(Cl)cc12. The van der Waals surface area contributed by atoms with Gasteiger partial charge in [-0.25, -0.2) is 0 Å². The molecule has 1 amide bonds. The fourth-order valence-corrected chi connectivity index (χ4v) is 8.72. The van der Waals surface area contributed by atoms with Gasteiger partial charge in [0.15, 0.2) is 5.60 Å². The second-order valence-corrected chi connectivity index (χ2v) is 14.5. The molecule has 5 rings (SSSR count). The molecule has 1 spiro atoms. The third kappa shape index (κ3) is 4.17. The van der Waals surface area contributed by atoms with Crippen LogP contribution >= 0.6 is 11.6 Å². The molecular formula is C26H30ClFN4O3Si. The molecule has 0 bridgehead atoms. The van der Waals surface area contributed by atoms with Crippen LogP contribution in [-0.2, 0) is 21.7 Å². The Morgan fingerprint density at radius 3 is 2.72 bits per heavy atom. The molecule has 1 saturated heterocycles. The quantitative estimate of drug-likeness (QED) is 0.337. The van der Waals surface area contributed by atoms with Gasteiger partial charge in [0.05, 0.1) is 24.3 Å². The van der Waals surface area contributed by atoms with Crippen LogP contribution in [0.25, 0.3) is 0 Å². The molecule has 36 heavy (non-hydrogen) atoms. The maximum Gasteiger partial charge on any atom is 0.261 e. The summed E-state index contributed by atoms with van der Waals surface area (Å²) in [5.41, 5.74) is 1.29. The standard InChI is InChI=1S/C26H30ClFN4O3Si/c1-16-24(36(2,3)28)23(35-26(16)20-13-18(27)9-10-21(20)29-25(26)34)11-12-32-14-22(30-31-32)19(15-33)17-7-5-4-6-8-17/h4-10,13-14,16,19,23-24,33H,11-12,15H2,1-3H3,(H,29,34)/t16-,19?,23+,24-,26+/m0/s1. The van der Waals surface area contributed by atoms with Gasteiger partial charge in [0, 0.05) is 40.5 Å². The number of nitrogens with zero attached hydrogens (tertiary/aromatic N) is 3. The number of nitrogens with one attached hydrogen (secondary N) is 1. The first-order valence-electron chi connectivity index (χ1n) is 12.2. The first-order valence-corrected chi connectivity index (χ1v) is 15.5. The summed E-state index contributed by atoms with van der Waals surface area (Å²) in [4.78, 5) is 13.3. The highest BCUT2D eigenvalue weighted by molar-refractivity contribution is 6.72. The van der Waals surface area contributed by atoms with E-state index in [1.807, 2.05) is 43.5 Å². The summed E-state index contributed by atoms with van der Waals surface area (Å²) >= 11 is 6.27. The molecular weight excluding hydrogens is 499 g/mol. The van der Waals surface area contributed by atoms with Crippen LogP contribution in [0, 0.1) is 5.92 Å². The van der Waals surface area contributed by atoms with E-state index in [0.29, 0.717) is 34.9 Å². The highest BCUT2D eigenvalue weighted by atomic mass is 35.5. The molecule has 190 valence electrons. The highest BCUT2D eigenvalue weighted by Gasteiger charge is 2.65. The fourth-order valence-electron chi connectivity index (χ4n) is 6.01.